The Hall–Kier alpha value is -8.86. The molecule has 3 aliphatic carbocycles. The number of fused-ring (bicyclic) bond motifs is 11. The molecule has 0 aromatic heterocycles. The monoisotopic (exact) mass is 950 g/mol. The minimum Gasteiger partial charge on any atom is -0.310 e. The Bertz CT molecular complexity index is 3890. The highest BCUT2D eigenvalue weighted by Crippen LogP contribution is 2.62. The van der Waals surface area contributed by atoms with Crippen LogP contribution in [0.5, 0.6) is 0 Å². The minimum atomic E-state index is 0.0396. The first-order valence-electron chi connectivity index (χ1n) is 26.5. The molecule has 1 spiro atoms. The molecular formula is C70H54N4. The molecule has 5 aliphatic rings. The standard InChI is InChI=1S/C70H54N4/c1-47-42-58-57-38-33-49(44-59(57)70(40-16-17-41-70)60(58)46-69(47)74-67-28-14-12-26-65(67)72(53-20-6-3-7-21-53)66-27-13-15-29-68(66)74)31-30-48-32-37-55-50(43-48)34-35-51-45-54(36-39-56(51)55)73-63-24-10-8-22-61(63)71(52-18-4-2-5-19-52)62-23-9-11-25-64(62)73/h2-15,18-39,43-47H,16-17,40-42H2,1H3. The van der Waals surface area contributed by atoms with Gasteiger partial charge in [0.15, 0.2) is 0 Å². The molecule has 4 nitrogen and oxygen atoms in total. The van der Waals surface area contributed by atoms with E-state index in [2.05, 4.69) is 269 Å². The van der Waals surface area contributed by atoms with Gasteiger partial charge in [-0.15, -0.1) is 0 Å². The summed E-state index contributed by atoms with van der Waals surface area (Å²) < 4.78 is 0. The molecule has 15 rings (SSSR count). The first kappa shape index (κ1) is 42.8. The summed E-state index contributed by atoms with van der Waals surface area (Å²) in [6, 6.07) is 82.8. The summed E-state index contributed by atoms with van der Waals surface area (Å²) in [5, 5.41) is 5.01. The zero-order valence-corrected chi connectivity index (χ0v) is 41.5. The van der Waals surface area contributed by atoms with Crippen LogP contribution in [0.25, 0.3) is 39.3 Å². The third kappa shape index (κ3) is 6.54. The predicted molar refractivity (Wildman–Crippen MR) is 312 cm³/mol. The van der Waals surface area contributed by atoms with Crippen molar-refractivity contribution in [2.24, 2.45) is 5.92 Å². The fraction of sp³-hybridized carbons (Fsp3) is 0.114. The molecule has 0 saturated heterocycles. The van der Waals surface area contributed by atoms with E-state index in [1.54, 1.807) is 11.1 Å². The zero-order valence-electron chi connectivity index (χ0n) is 41.5. The van der Waals surface area contributed by atoms with E-state index in [0.717, 1.165) is 40.5 Å². The van der Waals surface area contributed by atoms with Gasteiger partial charge in [-0.05, 0) is 171 Å². The van der Waals surface area contributed by atoms with Crippen LogP contribution in [0.4, 0.5) is 62.6 Å². The minimum absolute atomic E-state index is 0.0396. The van der Waals surface area contributed by atoms with Gasteiger partial charge in [0.25, 0.3) is 0 Å². The van der Waals surface area contributed by atoms with E-state index in [9.17, 15) is 0 Å². The van der Waals surface area contributed by atoms with Gasteiger partial charge in [-0.1, -0.05) is 165 Å². The molecule has 10 aromatic rings. The van der Waals surface area contributed by atoms with Crippen molar-refractivity contribution in [3.63, 3.8) is 0 Å². The molecule has 0 radical (unpaired) electrons. The topological polar surface area (TPSA) is 13.0 Å². The number of benzene rings is 10. The molecule has 0 amide bonds. The lowest BCUT2D eigenvalue weighted by molar-refractivity contribution is 0.537. The average Bonchev–Trinajstić information content (AvgIpc) is 4.11. The molecule has 0 N–H and O–H groups in total. The average molecular weight is 951 g/mol. The number of hydrogen-bond acceptors (Lipinski definition) is 4. The van der Waals surface area contributed by atoms with Crippen molar-refractivity contribution in [2.45, 2.75) is 44.4 Å². The Labute approximate surface area is 433 Å². The van der Waals surface area contributed by atoms with Crippen molar-refractivity contribution in [2.75, 3.05) is 19.6 Å². The van der Waals surface area contributed by atoms with Crippen LogP contribution in [-0.2, 0) is 5.41 Å². The van der Waals surface area contributed by atoms with E-state index < -0.39 is 0 Å². The number of anilines is 11. The van der Waals surface area contributed by atoms with Gasteiger partial charge in [-0.3, -0.25) is 0 Å². The van der Waals surface area contributed by atoms with Crippen LogP contribution in [0, 0.1) is 5.92 Å². The second-order valence-electron chi connectivity index (χ2n) is 20.9. The fourth-order valence-corrected chi connectivity index (χ4v) is 13.5. The van der Waals surface area contributed by atoms with Crippen LogP contribution < -0.4 is 19.6 Å². The molecule has 0 bridgehead atoms. The number of rotatable bonds is 6. The molecule has 1 saturated carbocycles. The highest BCUT2D eigenvalue weighted by atomic mass is 15.3. The van der Waals surface area contributed by atoms with Crippen molar-refractivity contribution in [1.82, 2.24) is 0 Å². The van der Waals surface area contributed by atoms with E-state index in [1.165, 1.54) is 104 Å². The maximum Gasteiger partial charge on any atom is 0.0703 e. The molecule has 2 aliphatic heterocycles. The molecule has 74 heavy (non-hydrogen) atoms. The number of allylic oxidation sites excluding steroid dienone is 4. The van der Waals surface area contributed by atoms with Crippen molar-refractivity contribution in [3.8, 4) is 0 Å². The third-order valence-electron chi connectivity index (χ3n) is 16.8. The van der Waals surface area contributed by atoms with Gasteiger partial charge in [0.1, 0.15) is 0 Å². The summed E-state index contributed by atoms with van der Waals surface area (Å²) in [6.45, 7) is 2.44. The highest BCUT2D eigenvalue weighted by Gasteiger charge is 2.48. The maximum atomic E-state index is 2.64. The molecule has 1 fully saturated rings. The van der Waals surface area contributed by atoms with Crippen LogP contribution >= 0.6 is 0 Å². The van der Waals surface area contributed by atoms with Crippen LogP contribution in [0.1, 0.15) is 61.3 Å². The van der Waals surface area contributed by atoms with Crippen molar-refractivity contribution in [3.05, 3.63) is 264 Å². The van der Waals surface area contributed by atoms with E-state index >= 15 is 0 Å². The van der Waals surface area contributed by atoms with E-state index in [-0.39, 0.29) is 5.41 Å². The van der Waals surface area contributed by atoms with Gasteiger partial charge in [0.05, 0.1) is 45.5 Å². The number of nitrogens with zero attached hydrogens (tertiary/aromatic N) is 4. The van der Waals surface area contributed by atoms with E-state index in [0.29, 0.717) is 5.92 Å². The lowest BCUT2D eigenvalue weighted by Crippen LogP contribution is -2.31. The summed E-state index contributed by atoms with van der Waals surface area (Å²) in [6.07, 6.45) is 13.2. The Balaban J connectivity index is 0.739. The quantitative estimate of drug-likeness (QED) is 0.122. The van der Waals surface area contributed by atoms with Gasteiger partial charge < -0.3 is 19.6 Å². The van der Waals surface area contributed by atoms with Gasteiger partial charge in [-0.2, -0.15) is 0 Å². The first-order valence-corrected chi connectivity index (χ1v) is 26.5. The maximum absolute atomic E-state index is 2.64. The summed E-state index contributed by atoms with van der Waals surface area (Å²) >= 11 is 0. The summed E-state index contributed by atoms with van der Waals surface area (Å²) in [5.41, 5.74) is 23.1. The smallest absolute Gasteiger partial charge is 0.0703 e. The van der Waals surface area contributed by atoms with Crippen molar-refractivity contribution < 1.29 is 0 Å². The summed E-state index contributed by atoms with van der Waals surface area (Å²) in [5.74, 6) is 0.338. The SMILES string of the molecule is CC1CC2=C(C=C1N1c3ccccc3N(c3ccccc3)c3ccccc31)C1(CCCC1)c1cc(C=Cc3ccc4c(ccc5cc(N6c7ccccc7N(c7ccccc7)c7ccccc76)ccc54)c3)ccc12. The predicted octanol–water partition coefficient (Wildman–Crippen LogP) is 19.5. The molecule has 354 valence electrons. The van der Waals surface area contributed by atoms with E-state index in [4.69, 9.17) is 0 Å². The second kappa shape index (κ2) is 16.9. The molecule has 4 heteroatoms. The Morgan fingerprint density at radius 1 is 0.405 bits per heavy atom. The normalized spacial score (nSPS) is 17.1. The lowest BCUT2D eigenvalue weighted by atomic mass is 9.73. The Kier molecular flexibility index (Phi) is 9.75. The molecule has 10 aromatic carbocycles. The van der Waals surface area contributed by atoms with Gasteiger partial charge >= 0.3 is 0 Å². The number of hydrogen-bond donors (Lipinski definition) is 0. The fourth-order valence-electron chi connectivity index (χ4n) is 13.5. The summed E-state index contributed by atoms with van der Waals surface area (Å²) in [4.78, 5) is 9.82. The third-order valence-corrected chi connectivity index (χ3v) is 16.8. The van der Waals surface area contributed by atoms with Crippen molar-refractivity contribution >= 4 is 102 Å². The number of para-hydroxylation sites is 10. The van der Waals surface area contributed by atoms with Crippen LogP contribution in [0.3, 0.4) is 0 Å². The Morgan fingerprint density at radius 2 is 0.838 bits per heavy atom. The second-order valence-corrected chi connectivity index (χ2v) is 20.9. The molecule has 1 unspecified atom stereocenters. The van der Waals surface area contributed by atoms with Gasteiger partial charge in [-0.25, -0.2) is 0 Å². The molecule has 2 heterocycles. The molecular weight excluding hydrogens is 897 g/mol. The van der Waals surface area contributed by atoms with Crippen LogP contribution in [-0.4, -0.2) is 0 Å². The Morgan fingerprint density at radius 3 is 1.36 bits per heavy atom. The summed E-state index contributed by atoms with van der Waals surface area (Å²) in [7, 11) is 0. The van der Waals surface area contributed by atoms with Gasteiger partial charge in [0.2, 0.25) is 0 Å². The lowest BCUT2D eigenvalue weighted by Gasteiger charge is -2.43. The zero-order chi connectivity index (χ0) is 48.9. The largest absolute Gasteiger partial charge is 0.310 e. The van der Waals surface area contributed by atoms with Gasteiger partial charge in [0, 0.05) is 34.1 Å². The van der Waals surface area contributed by atoms with Crippen LogP contribution in [0.15, 0.2) is 242 Å². The van der Waals surface area contributed by atoms with E-state index in [1.807, 2.05) is 0 Å². The first-order chi connectivity index (χ1) is 36.6. The molecule has 1 atom stereocenters. The van der Waals surface area contributed by atoms with Crippen LogP contribution in [0.2, 0.25) is 0 Å². The highest BCUT2D eigenvalue weighted by molar-refractivity contribution is 6.10. The van der Waals surface area contributed by atoms with Crippen molar-refractivity contribution in [1.29, 1.82) is 0 Å².